The van der Waals surface area contributed by atoms with Crippen LogP contribution in [-0.4, -0.2) is 7.85 Å². The van der Waals surface area contributed by atoms with Gasteiger partial charge in [0.1, 0.15) is 19.0 Å². The smallest absolute Gasteiger partial charge is 0.136 e. The predicted molar refractivity (Wildman–Crippen MR) is 110 cm³/mol. The Morgan fingerprint density at radius 2 is 1.23 bits per heavy atom. The van der Waals surface area contributed by atoms with Crippen molar-refractivity contribution in [2.45, 2.75) is 0 Å². The molecule has 120 valence electrons. The van der Waals surface area contributed by atoms with Gasteiger partial charge in [-0.25, -0.2) is 0 Å². The van der Waals surface area contributed by atoms with E-state index < -0.39 is 0 Å². The van der Waals surface area contributed by atoms with E-state index in [-0.39, 0.29) is 0 Å². The van der Waals surface area contributed by atoms with Gasteiger partial charge in [-0.1, -0.05) is 72.2 Å². The minimum absolute atomic E-state index is 0.764. The highest BCUT2D eigenvalue weighted by atomic mass is 16.3. The normalized spacial score (nSPS) is 11.2. The number of hydrogen-bond donors (Lipinski definition) is 0. The van der Waals surface area contributed by atoms with Gasteiger partial charge in [-0.15, -0.1) is 0 Å². The highest BCUT2D eigenvalue weighted by Gasteiger charge is 2.10. The van der Waals surface area contributed by atoms with Crippen molar-refractivity contribution in [3.05, 3.63) is 91.0 Å². The Balaban J connectivity index is 1.67. The van der Waals surface area contributed by atoms with Crippen molar-refractivity contribution < 1.29 is 4.42 Å². The molecular weight excluding hydrogens is 315 g/mol. The van der Waals surface area contributed by atoms with Gasteiger partial charge in [-0.3, -0.25) is 0 Å². The monoisotopic (exact) mass is 330 g/mol. The van der Waals surface area contributed by atoms with Crippen LogP contribution < -0.4 is 5.46 Å². The van der Waals surface area contributed by atoms with Crippen LogP contribution in [0.15, 0.2) is 95.4 Å². The third kappa shape index (κ3) is 2.51. The first-order valence-electron chi connectivity index (χ1n) is 8.66. The van der Waals surface area contributed by atoms with E-state index in [2.05, 4.69) is 66.7 Å². The number of benzene rings is 4. The van der Waals surface area contributed by atoms with E-state index in [0.29, 0.717) is 0 Å². The van der Waals surface area contributed by atoms with Gasteiger partial charge >= 0.3 is 0 Å². The zero-order chi connectivity index (χ0) is 17.5. The van der Waals surface area contributed by atoms with E-state index in [1.165, 1.54) is 11.1 Å². The lowest BCUT2D eigenvalue weighted by Gasteiger charge is -2.03. The first-order chi connectivity index (χ1) is 12.8. The molecule has 0 aliphatic heterocycles. The Labute approximate surface area is 153 Å². The molecule has 0 saturated carbocycles. The van der Waals surface area contributed by atoms with E-state index in [9.17, 15) is 0 Å². The Kier molecular flexibility index (Phi) is 3.43. The molecule has 0 spiro atoms. The summed E-state index contributed by atoms with van der Waals surface area (Å²) in [5, 5.41) is 2.27. The van der Waals surface area contributed by atoms with Crippen LogP contribution in [0.1, 0.15) is 0 Å². The van der Waals surface area contributed by atoms with Crippen LogP contribution in [0, 0.1) is 0 Å². The molecule has 0 aliphatic rings. The molecule has 0 unspecified atom stereocenters. The van der Waals surface area contributed by atoms with Gasteiger partial charge in [0.05, 0.1) is 0 Å². The summed E-state index contributed by atoms with van der Waals surface area (Å²) in [6.07, 6.45) is 0. The van der Waals surface area contributed by atoms with Crippen LogP contribution in [-0.2, 0) is 0 Å². The molecule has 0 aliphatic carbocycles. The third-order valence-corrected chi connectivity index (χ3v) is 4.80. The number of hydrogen-bond acceptors (Lipinski definition) is 1. The van der Waals surface area contributed by atoms with Crippen LogP contribution >= 0.6 is 0 Å². The molecule has 0 saturated heterocycles. The maximum atomic E-state index is 6.10. The van der Waals surface area contributed by atoms with Gasteiger partial charge in [-0.05, 0) is 46.5 Å². The molecule has 26 heavy (non-hydrogen) atoms. The molecule has 4 aromatic carbocycles. The summed E-state index contributed by atoms with van der Waals surface area (Å²) in [6, 6.07) is 31.0. The highest BCUT2D eigenvalue weighted by Crippen LogP contribution is 2.34. The molecule has 1 nitrogen and oxygen atoms in total. The molecule has 0 atom stereocenters. The van der Waals surface area contributed by atoms with Crippen molar-refractivity contribution in [1.82, 2.24) is 0 Å². The summed E-state index contributed by atoms with van der Waals surface area (Å²) in [5.74, 6) is 0. The van der Waals surface area contributed by atoms with Crippen LogP contribution in [0.25, 0.3) is 44.2 Å². The fraction of sp³-hybridized carbons (Fsp3) is 0. The second kappa shape index (κ2) is 5.92. The first-order valence-corrected chi connectivity index (χ1v) is 8.66. The molecule has 2 radical (unpaired) electrons. The number of fused-ring (bicyclic) bond motifs is 3. The van der Waals surface area contributed by atoms with E-state index in [1.807, 2.05) is 24.3 Å². The Hall–Kier alpha value is -3.26. The first kappa shape index (κ1) is 15.0. The van der Waals surface area contributed by atoms with Gasteiger partial charge < -0.3 is 4.42 Å². The molecule has 5 aromatic rings. The average Bonchev–Trinajstić information content (AvgIpc) is 3.05. The maximum Gasteiger partial charge on any atom is 0.136 e. The SMILES string of the molecule is [B]c1cccc(-c2ccc3c(c2)oc2ccc(-c4ccccc4)cc23)c1. The second-order valence-corrected chi connectivity index (χ2v) is 6.52. The lowest BCUT2D eigenvalue weighted by Crippen LogP contribution is -2.00. The quantitative estimate of drug-likeness (QED) is 0.378. The number of rotatable bonds is 2. The molecule has 2 heteroatoms. The average molecular weight is 330 g/mol. The largest absolute Gasteiger partial charge is 0.456 e. The molecule has 0 fully saturated rings. The Bertz CT molecular complexity index is 1240. The van der Waals surface area contributed by atoms with Gasteiger partial charge in [0, 0.05) is 10.8 Å². The van der Waals surface area contributed by atoms with Crippen molar-refractivity contribution in [1.29, 1.82) is 0 Å². The van der Waals surface area contributed by atoms with Crippen molar-refractivity contribution >= 4 is 35.2 Å². The minimum atomic E-state index is 0.764. The van der Waals surface area contributed by atoms with Gasteiger partial charge in [0.25, 0.3) is 0 Å². The molecule has 0 amide bonds. The van der Waals surface area contributed by atoms with Crippen LogP contribution in [0.3, 0.4) is 0 Å². The lowest BCUT2D eigenvalue weighted by atomic mass is 9.92. The summed E-state index contributed by atoms with van der Waals surface area (Å²) in [4.78, 5) is 0. The zero-order valence-corrected chi connectivity index (χ0v) is 14.1. The van der Waals surface area contributed by atoms with Crippen molar-refractivity contribution in [3.63, 3.8) is 0 Å². The van der Waals surface area contributed by atoms with Crippen molar-refractivity contribution in [2.75, 3.05) is 0 Å². The molecule has 1 heterocycles. The second-order valence-electron chi connectivity index (χ2n) is 6.52. The molecule has 5 rings (SSSR count). The Morgan fingerprint density at radius 3 is 2.08 bits per heavy atom. The fourth-order valence-corrected chi connectivity index (χ4v) is 3.49. The van der Waals surface area contributed by atoms with E-state index >= 15 is 0 Å². The van der Waals surface area contributed by atoms with Crippen molar-refractivity contribution in [2.24, 2.45) is 0 Å². The predicted octanol–water partition coefficient (Wildman–Crippen LogP) is 5.71. The molecular formula is C24H15BO. The summed E-state index contributed by atoms with van der Waals surface area (Å²) in [6.45, 7) is 0. The molecule has 1 aromatic heterocycles. The highest BCUT2D eigenvalue weighted by molar-refractivity contribution is 6.32. The van der Waals surface area contributed by atoms with E-state index in [4.69, 9.17) is 12.3 Å². The standard InChI is InChI=1S/C24H15BO/c25-20-8-4-7-17(13-20)19-9-11-21-22-14-18(16-5-2-1-3-6-16)10-12-23(22)26-24(21)15-19/h1-15H. The summed E-state index contributed by atoms with van der Waals surface area (Å²) >= 11 is 0. The molecule has 0 N–H and O–H groups in total. The minimum Gasteiger partial charge on any atom is -0.456 e. The molecule has 0 bridgehead atoms. The van der Waals surface area contributed by atoms with Crippen molar-refractivity contribution in [3.8, 4) is 22.3 Å². The van der Waals surface area contributed by atoms with Crippen LogP contribution in [0.4, 0.5) is 0 Å². The summed E-state index contributed by atoms with van der Waals surface area (Å²) < 4.78 is 6.10. The van der Waals surface area contributed by atoms with Gasteiger partial charge in [0.15, 0.2) is 0 Å². The topological polar surface area (TPSA) is 13.1 Å². The number of furan rings is 1. The third-order valence-electron chi connectivity index (χ3n) is 4.80. The van der Waals surface area contributed by atoms with Crippen LogP contribution in [0.5, 0.6) is 0 Å². The zero-order valence-electron chi connectivity index (χ0n) is 14.1. The summed E-state index contributed by atoms with van der Waals surface area (Å²) in [7, 11) is 5.92. The lowest BCUT2D eigenvalue weighted by molar-refractivity contribution is 0.669. The maximum absolute atomic E-state index is 6.10. The fourth-order valence-electron chi connectivity index (χ4n) is 3.49. The van der Waals surface area contributed by atoms with Crippen LogP contribution in [0.2, 0.25) is 0 Å². The van der Waals surface area contributed by atoms with Gasteiger partial charge in [-0.2, -0.15) is 0 Å². The summed E-state index contributed by atoms with van der Waals surface area (Å²) in [5.41, 5.74) is 7.17. The Morgan fingerprint density at radius 1 is 0.500 bits per heavy atom. The van der Waals surface area contributed by atoms with E-state index in [1.54, 1.807) is 0 Å². The van der Waals surface area contributed by atoms with E-state index in [0.717, 1.165) is 38.5 Å². The van der Waals surface area contributed by atoms with Gasteiger partial charge in [0.2, 0.25) is 0 Å².